The predicted octanol–water partition coefficient (Wildman–Crippen LogP) is 3.50. The van der Waals surface area contributed by atoms with Crippen molar-refractivity contribution in [3.8, 4) is 0 Å². The largest absolute Gasteiger partial charge is 0.326 e. The molecule has 150 valence electrons. The Labute approximate surface area is 173 Å². The Kier molecular flexibility index (Phi) is 5.26. The number of rotatable bonds is 4. The zero-order valence-electron chi connectivity index (χ0n) is 16.4. The standard InChI is InChI=1S/C23H20N4O3/c1-15(28)25-19-6-2-4-17(13-19)22(29)26-20-7-8-21-16(12-20)9-11-27(21)23(30)18-5-3-10-24-14-18/h2-8,10,12-14H,9,11H2,1H3,(H,25,28)(H,26,29). The maximum Gasteiger partial charge on any atom is 0.259 e. The summed E-state index contributed by atoms with van der Waals surface area (Å²) in [5.41, 5.74) is 4.04. The van der Waals surface area contributed by atoms with E-state index in [1.165, 1.54) is 6.92 Å². The number of hydrogen-bond donors (Lipinski definition) is 2. The maximum absolute atomic E-state index is 12.8. The molecule has 0 spiro atoms. The number of pyridine rings is 1. The van der Waals surface area contributed by atoms with Gasteiger partial charge >= 0.3 is 0 Å². The van der Waals surface area contributed by atoms with E-state index >= 15 is 0 Å². The third-order valence-electron chi connectivity index (χ3n) is 4.83. The number of nitrogens with one attached hydrogen (secondary N) is 2. The highest BCUT2D eigenvalue weighted by Crippen LogP contribution is 2.31. The molecule has 1 aromatic heterocycles. The molecule has 7 nitrogen and oxygen atoms in total. The summed E-state index contributed by atoms with van der Waals surface area (Å²) in [7, 11) is 0. The van der Waals surface area contributed by atoms with Crippen LogP contribution in [-0.2, 0) is 11.2 Å². The van der Waals surface area contributed by atoms with Crippen LogP contribution in [0.5, 0.6) is 0 Å². The smallest absolute Gasteiger partial charge is 0.259 e. The van der Waals surface area contributed by atoms with Crippen LogP contribution >= 0.6 is 0 Å². The molecule has 0 saturated heterocycles. The second-order valence-electron chi connectivity index (χ2n) is 7.01. The number of anilines is 3. The first-order valence-corrected chi connectivity index (χ1v) is 9.55. The molecular weight excluding hydrogens is 380 g/mol. The van der Waals surface area contributed by atoms with Gasteiger partial charge in [-0.2, -0.15) is 0 Å². The molecule has 0 radical (unpaired) electrons. The Morgan fingerprint density at radius 2 is 1.73 bits per heavy atom. The first-order valence-electron chi connectivity index (χ1n) is 9.55. The fraction of sp³-hybridized carbons (Fsp3) is 0.130. The van der Waals surface area contributed by atoms with Crippen LogP contribution < -0.4 is 15.5 Å². The normalized spacial score (nSPS) is 12.2. The van der Waals surface area contributed by atoms with Gasteiger partial charge in [-0.25, -0.2) is 0 Å². The molecule has 0 bridgehead atoms. The van der Waals surface area contributed by atoms with Crippen molar-refractivity contribution in [3.05, 3.63) is 83.7 Å². The van der Waals surface area contributed by atoms with Crippen molar-refractivity contribution in [1.82, 2.24) is 4.98 Å². The molecule has 0 fully saturated rings. The topological polar surface area (TPSA) is 91.4 Å². The van der Waals surface area contributed by atoms with E-state index < -0.39 is 0 Å². The van der Waals surface area contributed by atoms with Crippen molar-refractivity contribution in [2.75, 3.05) is 22.1 Å². The molecule has 2 aromatic carbocycles. The molecule has 0 atom stereocenters. The van der Waals surface area contributed by atoms with E-state index in [-0.39, 0.29) is 17.7 Å². The number of benzene rings is 2. The number of amides is 3. The molecule has 4 rings (SSSR count). The molecule has 0 unspecified atom stereocenters. The first-order chi connectivity index (χ1) is 14.5. The summed E-state index contributed by atoms with van der Waals surface area (Å²) in [6.45, 7) is 2.00. The van der Waals surface area contributed by atoms with E-state index in [1.54, 1.807) is 59.8 Å². The second-order valence-corrected chi connectivity index (χ2v) is 7.01. The zero-order chi connectivity index (χ0) is 21.1. The van der Waals surface area contributed by atoms with Crippen LogP contribution in [0, 0.1) is 0 Å². The molecule has 2 heterocycles. The average molecular weight is 400 g/mol. The molecule has 3 aromatic rings. The van der Waals surface area contributed by atoms with Gasteiger partial charge in [-0.3, -0.25) is 19.4 Å². The molecule has 30 heavy (non-hydrogen) atoms. The SMILES string of the molecule is CC(=O)Nc1cccc(C(=O)Nc2ccc3c(c2)CCN3C(=O)c2cccnc2)c1. The Morgan fingerprint density at radius 1 is 0.933 bits per heavy atom. The summed E-state index contributed by atoms with van der Waals surface area (Å²) in [5, 5.41) is 5.55. The van der Waals surface area contributed by atoms with Gasteiger partial charge in [-0.15, -0.1) is 0 Å². The van der Waals surface area contributed by atoms with Gasteiger partial charge in [0.2, 0.25) is 5.91 Å². The lowest BCUT2D eigenvalue weighted by Gasteiger charge is -2.17. The molecule has 3 amide bonds. The van der Waals surface area contributed by atoms with Crippen molar-refractivity contribution in [2.45, 2.75) is 13.3 Å². The van der Waals surface area contributed by atoms with Crippen LogP contribution in [0.15, 0.2) is 67.0 Å². The predicted molar refractivity (Wildman–Crippen MR) is 115 cm³/mol. The number of aromatic nitrogens is 1. The van der Waals surface area contributed by atoms with Gasteiger partial charge in [0.15, 0.2) is 0 Å². The average Bonchev–Trinajstić information content (AvgIpc) is 3.17. The Morgan fingerprint density at radius 3 is 2.50 bits per heavy atom. The Balaban J connectivity index is 1.50. The molecule has 1 aliphatic heterocycles. The summed E-state index contributed by atoms with van der Waals surface area (Å²) in [6, 6.07) is 15.7. The Bertz CT molecular complexity index is 1130. The van der Waals surface area contributed by atoms with Gasteiger partial charge in [0, 0.05) is 48.5 Å². The van der Waals surface area contributed by atoms with Crippen LogP contribution in [0.1, 0.15) is 33.2 Å². The lowest BCUT2D eigenvalue weighted by molar-refractivity contribution is -0.114. The number of hydrogen-bond acceptors (Lipinski definition) is 4. The fourth-order valence-corrected chi connectivity index (χ4v) is 3.48. The minimum absolute atomic E-state index is 0.0894. The van der Waals surface area contributed by atoms with Crippen LogP contribution in [0.4, 0.5) is 17.1 Å². The molecule has 2 N–H and O–H groups in total. The Hall–Kier alpha value is -4.00. The maximum atomic E-state index is 12.8. The van der Waals surface area contributed by atoms with Crippen LogP contribution in [0.25, 0.3) is 0 Å². The quantitative estimate of drug-likeness (QED) is 0.701. The third kappa shape index (κ3) is 4.05. The number of fused-ring (bicyclic) bond motifs is 1. The summed E-state index contributed by atoms with van der Waals surface area (Å²) in [4.78, 5) is 42.3. The minimum Gasteiger partial charge on any atom is -0.326 e. The molecule has 1 aliphatic rings. The fourth-order valence-electron chi connectivity index (χ4n) is 3.48. The van der Waals surface area contributed by atoms with Gasteiger partial charge in [0.1, 0.15) is 0 Å². The summed E-state index contributed by atoms with van der Waals surface area (Å²) < 4.78 is 0. The van der Waals surface area contributed by atoms with E-state index in [1.807, 2.05) is 12.1 Å². The zero-order valence-corrected chi connectivity index (χ0v) is 16.4. The number of carbonyl (C=O) groups is 3. The second kappa shape index (κ2) is 8.16. The van der Waals surface area contributed by atoms with Crippen LogP contribution in [-0.4, -0.2) is 29.3 Å². The lowest BCUT2D eigenvalue weighted by atomic mass is 10.1. The van der Waals surface area contributed by atoms with E-state index in [2.05, 4.69) is 15.6 Å². The van der Waals surface area contributed by atoms with Crippen LogP contribution in [0.2, 0.25) is 0 Å². The number of carbonyl (C=O) groups excluding carboxylic acids is 3. The van der Waals surface area contributed by atoms with E-state index in [9.17, 15) is 14.4 Å². The van der Waals surface area contributed by atoms with E-state index in [0.29, 0.717) is 35.5 Å². The monoisotopic (exact) mass is 400 g/mol. The van der Waals surface area contributed by atoms with Crippen molar-refractivity contribution in [2.24, 2.45) is 0 Å². The minimum atomic E-state index is -0.275. The summed E-state index contributed by atoms with van der Waals surface area (Å²) in [6.07, 6.45) is 3.91. The highest BCUT2D eigenvalue weighted by Gasteiger charge is 2.26. The van der Waals surface area contributed by atoms with Gasteiger partial charge in [0.25, 0.3) is 11.8 Å². The summed E-state index contributed by atoms with van der Waals surface area (Å²) >= 11 is 0. The van der Waals surface area contributed by atoms with Crippen molar-refractivity contribution in [1.29, 1.82) is 0 Å². The van der Waals surface area contributed by atoms with Crippen LogP contribution in [0.3, 0.4) is 0 Å². The molecule has 7 heteroatoms. The number of nitrogens with zero attached hydrogens (tertiary/aromatic N) is 2. The van der Waals surface area contributed by atoms with Gasteiger partial charge in [-0.1, -0.05) is 6.07 Å². The van der Waals surface area contributed by atoms with Gasteiger partial charge < -0.3 is 15.5 Å². The molecule has 0 aliphatic carbocycles. The third-order valence-corrected chi connectivity index (χ3v) is 4.83. The highest BCUT2D eigenvalue weighted by atomic mass is 16.2. The van der Waals surface area contributed by atoms with E-state index in [4.69, 9.17) is 0 Å². The van der Waals surface area contributed by atoms with Crippen molar-refractivity contribution in [3.63, 3.8) is 0 Å². The van der Waals surface area contributed by atoms with Crippen molar-refractivity contribution >= 4 is 34.8 Å². The lowest BCUT2D eigenvalue weighted by Crippen LogP contribution is -2.28. The van der Waals surface area contributed by atoms with Crippen molar-refractivity contribution < 1.29 is 14.4 Å². The van der Waals surface area contributed by atoms with E-state index in [0.717, 1.165) is 11.3 Å². The van der Waals surface area contributed by atoms with Gasteiger partial charge in [0.05, 0.1) is 5.56 Å². The first kappa shape index (κ1) is 19.3. The summed E-state index contributed by atoms with van der Waals surface area (Å²) in [5.74, 6) is -0.562. The molecule has 0 saturated carbocycles. The highest BCUT2D eigenvalue weighted by molar-refractivity contribution is 6.08. The molecular formula is C23H20N4O3. The van der Waals surface area contributed by atoms with Gasteiger partial charge in [-0.05, 0) is 60.5 Å².